The van der Waals surface area contributed by atoms with Crippen LogP contribution in [0.15, 0.2) is 24.5 Å². The lowest BCUT2D eigenvalue weighted by Gasteiger charge is -1.79. The lowest BCUT2D eigenvalue weighted by atomic mass is 10.7. The first-order valence-electron chi connectivity index (χ1n) is 1.96. The van der Waals surface area contributed by atoms with Gasteiger partial charge in [0.05, 0.1) is 0 Å². The predicted octanol–water partition coefficient (Wildman–Crippen LogP) is -0.159. The molecule has 0 saturated carbocycles. The molecule has 0 aromatic carbocycles. The third kappa shape index (κ3) is 1.82. The van der Waals surface area contributed by atoms with Gasteiger partial charge in [-0.3, -0.25) is 0 Å². The molecule has 0 spiro atoms. The van der Waals surface area contributed by atoms with Crippen molar-refractivity contribution in [2.24, 2.45) is 7.05 Å². The summed E-state index contributed by atoms with van der Waals surface area (Å²) in [7, 11) is 2.00. The minimum absolute atomic E-state index is 0. The molecule has 1 heterocycles. The summed E-state index contributed by atoms with van der Waals surface area (Å²) in [5.41, 5.74) is 0. The molecule has 0 atom stereocenters. The Bertz CT molecular complexity index is 112. The van der Waals surface area contributed by atoms with Crippen molar-refractivity contribution in [2.75, 3.05) is 0 Å². The highest BCUT2D eigenvalue weighted by Gasteiger charge is 1.68. The Morgan fingerprint density at radius 3 is 1.71 bits per heavy atom. The van der Waals surface area contributed by atoms with Crippen LogP contribution < -0.4 is 0 Å². The Kier molecular flexibility index (Phi) is 2.82. The highest BCUT2D eigenvalue weighted by atomic mass is 27.0. The van der Waals surface area contributed by atoms with E-state index in [0.717, 1.165) is 0 Å². The first-order valence-corrected chi connectivity index (χ1v) is 1.96. The number of rotatable bonds is 0. The van der Waals surface area contributed by atoms with Crippen LogP contribution in [0.4, 0.5) is 0 Å². The van der Waals surface area contributed by atoms with Crippen LogP contribution in [0.25, 0.3) is 0 Å². The molecule has 1 rings (SSSR count). The van der Waals surface area contributed by atoms with Crippen LogP contribution in [0, 0.1) is 0 Å². The normalized spacial score (nSPS) is 7.57. The summed E-state index contributed by atoms with van der Waals surface area (Å²) in [6.07, 6.45) is 4.00. The highest BCUT2D eigenvalue weighted by Crippen LogP contribution is 1.80. The minimum Gasteiger partial charge on any atom is -0.357 e. The fraction of sp³-hybridized carbons (Fsp3) is 0.200. The quantitative estimate of drug-likeness (QED) is 0.410. The average molecular weight is 111 g/mol. The number of hydrogen-bond donors (Lipinski definition) is 0. The molecule has 2 heteroatoms. The Balaban J connectivity index is 0.000000360. The maximum absolute atomic E-state index is 2.00. The van der Waals surface area contributed by atoms with Gasteiger partial charge in [-0.15, -0.1) is 0 Å². The van der Waals surface area contributed by atoms with Gasteiger partial charge in [0.1, 0.15) is 0 Å². The molecule has 0 fully saturated rings. The molecule has 0 aliphatic carbocycles. The summed E-state index contributed by atoms with van der Waals surface area (Å²) in [4.78, 5) is 0. The van der Waals surface area contributed by atoms with E-state index in [0.29, 0.717) is 0 Å². The van der Waals surface area contributed by atoms with Crippen molar-refractivity contribution in [3.05, 3.63) is 24.5 Å². The second-order valence-corrected chi connectivity index (χ2v) is 1.35. The van der Waals surface area contributed by atoms with Crippen LogP contribution in [0.2, 0.25) is 0 Å². The molecule has 7 heavy (non-hydrogen) atoms. The first kappa shape index (κ1) is 6.81. The monoisotopic (exact) mass is 111 g/mol. The van der Waals surface area contributed by atoms with Gasteiger partial charge in [-0.05, 0) is 12.1 Å². The van der Waals surface area contributed by atoms with Crippen LogP contribution >= 0.6 is 0 Å². The van der Waals surface area contributed by atoms with Crippen molar-refractivity contribution in [2.45, 2.75) is 0 Å². The Hall–Kier alpha value is -0.188. The zero-order chi connectivity index (χ0) is 4.41. The zero-order valence-electron chi connectivity index (χ0n) is 3.76. The molecule has 0 saturated heterocycles. The van der Waals surface area contributed by atoms with E-state index < -0.39 is 0 Å². The van der Waals surface area contributed by atoms with Crippen molar-refractivity contribution >= 4 is 17.4 Å². The van der Waals surface area contributed by atoms with E-state index >= 15 is 0 Å². The van der Waals surface area contributed by atoms with E-state index in [1.807, 2.05) is 36.1 Å². The number of aromatic nitrogens is 1. The van der Waals surface area contributed by atoms with Crippen LogP contribution in [0.5, 0.6) is 0 Å². The molecule has 1 aromatic heterocycles. The third-order valence-corrected chi connectivity index (χ3v) is 0.754. The molecule has 0 aliphatic heterocycles. The highest BCUT2D eigenvalue weighted by molar-refractivity contribution is 5.75. The van der Waals surface area contributed by atoms with Crippen molar-refractivity contribution < 1.29 is 0 Å². The topological polar surface area (TPSA) is 4.93 Å². The van der Waals surface area contributed by atoms with Crippen molar-refractivity contribution in [3.63, 3.8) is 0 Å². The lowest BCUT2D eigenvalue weighted by molar-refractivity contribution is 0.928. The standard InChI is InChI=1S/C5H7N.Al.3H/c1-6-4-2-3-5-6;;;;/h2-5H,1H3;;;;. The average Bonchev–Trinajstić information content (AvgIpc) is 1.86. The van der Waals surface area contributed by atoms with Gasteiger partial charge in [-0.1, -0.05) is 0 Å². The molecule has 0 aliphatic rings. The van der Waals surface area contributed by atoms with E-state index in [1.165, 1.54) is 0 Å². The van der Waals surface area contributed by atoms with Crippen molar-refractivity contribution in [3.8, 4) is 0 Å². The summed E-state index contributed by atoms with van der Waals surface area (Å²) < 4.78 is 2.00. The van der Waals surface area contributed by atoms with Crippen molar-refractivity contribution in [1.29, 1.82) is 0 Å². The molecule has 0 amide bonds. The second-order valence-electron chi connectivity index (χ2n) is 1.35. The molecule has 0 radical (unpaired) electrons. The van der Waals surface area contributed by atoms with Gasteiger partial charge in [0.25, 0.3) is 0 Å². The Morgan fingerprint density at radius 2 is 1.57 bits per heavy atom. The maximum Gasteiger partial charge on any atom is 0.187 e. The first-order chi connectivity index (χ1) is 2.89. The fourth-order valence-corrected chi connectivity index (χ4v) is 0.421. The van der Waals surface area contributed by atoms with E-state index in [2.05, 4.69) is 0 Å². The largest absolute Gasteiger partial charge is 0.357 e. The summed E-state index contributed by atoms with van der Waals surface area (Å²) in [5, 5.41) is 0. The molecule has 0 bridgehead atoms. The zero-order valence-corrected chi connectivity index (χ0v) is 3.76. The molecular weight excluding hydrogens is 101 g/mol. The van der Waals surface area contributed by atoms with Crippen LogP contribution in [0.3, 0.4) is 0 Å². The van der Waals surface area contributed by atoms with Crippen molar-refractivity contribution in [1.82, 2.24) is 4.57 Å². The van der Waals surface area contributed by atoms with Crippen LogP contribution in [-0.2, 0) is 7.05 Å². The number of hydrogen-bond acceptors (Lipinski definition) is 0. The van der Waals surface area contributed by atoms with E-state index in [4.69, 9.17) is 0 Å². The van der Waals surface area contributed by atoms with Gasteiger partial charge >= 0.3 is 0 Å². The Labute approximate surface area is 54.1 Å². The molecule has 0 unspecified atom stereocenters. The number of nitrogens with zero attached hydrogens (tertiary/aromatic N) is 1. The molecular formula is C5H10AlN. The summed E-state index contributed by atoms with van der Waals surface area (Å²) in [5.74, 6) is 0. The molecule has 0 N–H and O–H groups in total. The SMILES string of the molecule is Cn1cccc1.[AlH3]. The van der Waals surface area contributed by atoms with Gasteiger partial charge < -0.3 is 4.57 Å². The molecule has 1 aromatic rings. The summed E-state index contributed by atoms with van der Waals surface area (Å²) >= 11 is 0. The summed E-state index contributed by atoms with van der Waals surface area (Å²) in [6, 6.07) is 4.00. The van der Waals surface area contributed by atoms with Gasteiger partial charge in [-0.2, -0.15) is 0 Å². The third-order valence-electron chi connectivity index (χ3n) is 0.754. The van der Waals surface area contributed by atoms with Gasteiger partial charge in [0.15, 0.2) is 17.4 Å². The lowest BCUT2D eigenvalue weighted by Crippen LogP contribution is -1.75. The van der Waals surface area contributed by atoms with Gasteiger partial charge in [0.2, 0.25) is 0 Å². The molecule has 38 valence electrons. The van der Waals surface area contributed by atoms with Gasteiger partial charge in [0, 0.05) is 19.4 Å². The number of aryl methyl sites for hydroxylation is 1. The fourth-order valence-electron chi connectivity index (χ4n) is 0.421. The summed E-state index contributed by atoms with van der Waals surface area (Å²) in [6.45, 7) is 0. The second kappa shape index (κ2) is 2.90. The Morgan fingerprint density at radius 1 is 1.14 bits per heavy atom. The van der Waals surface area contributed by atoms with E-state index in [1.54, 1.807) is 0 Å². The van der Waals surface area contributed by atoms with Crippen LogP contribution in [-0.4, -0.2) is 21.9 Å². The predicted molar refractivity (Wildman–Crippen MR) is 35.4 cm³/mol. The van der Waals surface area contributed by atoms with E-state index in [-0.39, 0.29) is 17.4 Å². The maximum atomic E-state index is 2.00. The molecule has 1 nitrogen and oxygen atoms in total. The smallest absolute Gasteiger partial charge is 0.187 e. The van der Waals surface area contributed by atoms with Gasteiger partial charge in [-0.25, -0.2) is 0 Å². The van der Waals surface area contributed by atoms with Crippen LogP contribution in [0.1, 0.15) is 0 Å². The van der Waals surface area contributed by atoms with E-state index in [9.17, 15) is 0 Å². The minimum atomic E-state index is 0.